The van der Waals surface area contributed by atoms with Crippen molar-refractivity contribution in [3.8, 4) is 5.69 Å². The zero-order chi connectivity index (χ0) is 12.4. The van der Waals surface area contributed by atoms with Crippen molar-refractivity contribution in [2.24, 2.45) is 5.73 Å². The Morgan fingerprint density at radius 2 is 2.00 bits per heavy atom. The van der Waals surface area contributed by atoms with Gasteiger partial charge < -0.3 is 5.73 Å². The van der Waals surface area contributed by atoms with Gasteiger partial charge in [0.15, 0.2) is 11.6 Å². The Balaban J connectivity index is 2.43. The van der Waals surface area contributed by atoms with Crippen LogP contribution in [0.1, 0.15) is 12.5 Å². The first-order chi connectivity index (χ1) is 8.08. The first-order valence-corrected chi connectivity index (χ1v) is 5.16. The molecule has 1 aromatic heterocycles. The fourth-order valence-electron chi connectivity index (χ4n) is 1.65. The van der Waals surface area contributed by atoms with Gasteiger partial charge in [0, 0.05) is 6.04 Å². The van der Waals surface area contributed by atoms with Crippen molar-refractivity contribution in [2.45, 2.75) is 19.4 Å². The van der Waals surface area contributed by atoms with Gasteiger partial charge >= 0.3 is 0 Å². The molecule has 4 nitrogen and oxygen atoms in total. The van der Waals surface area contributed by atoms with E-state index in [9.17, 15) is 8.78 Å². The number of nitrogens with two attached hydrogens (primary N) is 1. The summed E-state index contributed by atoms with van der Waals surface area (Å²) >= 11 is 0. The van der Waals surface area contributed by atoms with Crippen LogP contribution in [-0.4, -0.2) is 20.8 Å². The molecular formula is C11H12F2N4. The molecule has 1 unspecified atom stereocenters. The van der Waals surface area contributed by atoms with Crippen molar-refractivity contribution in [3.05, 3.63) is 42.0 Å². The molecule has 17 heavy (non-hydrogen) atoms. The molecule has 2 N–H and O–H groups in total. The van der Waals surface area contributed by atoms with Gasteiger partial charge in [0.05, 0.1) is 0 Å². The minimum Gasteiger partial charge on any atom is -0.328 e. The number of benzene rings is 1. The summed E-state index contributed by atoms with van der Waals surface area (Å²) < 4.78 is 28.6. The molecule has 0 spiro atoms. The molecule has 2 rings (SSSR count). The molecule has 0 saturated heterocycles. The van der Waals surface area contributed by atoms with E-state index in [-0.39, 0.29) is 11.7 Å². The van der Waals surface area contributed by atoms with Crippen LogP contribution in [0.3, 0.4) is 0 Å². The van der Waals surface area contributed by atoms with E-state index in [1.54, 1.807) is 6.92 Å². The fraction of sp³-hybridized carbons (Fsp3) is 0.273. The smallest absolute Gasteiger partial charge is 0.152 e. The van der Waals surface area contributed by atoms with Crippen molar-refractivity contribution in [3.63, 3.8) is 0 Å². The largest absolute Gasteiger partial charge is 0.328 e. The van der Waals surface area contributed by atoms with Gasteiger partial charge in [-0.25, -0.2) is 18.4 Å². The highest BCUT2D eigenvalue weighted by Gasteiger charge is 2.14. The van der Waals surface area contributed by atoms with E-state index in [0.717, 1.165) is 4.68 Å². The monoisotopic (exact) mass is 238 g/mol. The molecule has 0 bridgehead atoms. The second kappa shape index (κ2) is 4.58. The quantitative estimate of drug-likeness (QED) is 0.880. The number of rotatable bonds is 3. The summed E-state index contributed by atoms with van der Waals surface area (Å²) in [6.45, 7) is 1.78. The molecule has 0 aliphatic carbocycles. The highest BCUT2D eigenvalue weighted by molar-refractivity contribution is 5.37. The summed E-state index contributed by atoms with van der Waals surface area (Å²) in [6, 6.07) is 2.39. The predicted molar refractivity (Wildman–Crippen MR) is 58.6 cm³/mol. The van der Waals surface area contributed by atoms with Crippen molar-refractivity contribution >= 4 is 0 Å². The zero-order valence-electron chi connectivity index (χ0n) is 9.27. The second-order valence-corrected chi connectivity index (χ2v) is 3.93. The zero-order valence-corrected chi connectivity index (χ0v) is 9.27. The lowest BCUT2D eigenvalue weighted by Gasteiger charge is -2.09. The van der Waals surface area contributed by atoms with Crippen LogP contribution in [0.25, 0.3) is 5.69 Å². The molecule has 0 aliphatic heterocycles. The van der Waals surface area contributed by atoms with E-state index < -0.39 is 11.6 Å². The average Bonchev–Trinajstić information content (AvgIpc) is 2.68. The third kappa shape index (κ3) is 2.47. The van der Waals surface area contributed by atoms with Gasteiger partial charge in [-0.15, -0.1) is 0 Å². The van der Waals surface area contributed by atoms with Gasteiger partial charge in [-0.05, 0) is 31.0 Å². The first kappa shape index (κ1) is 11.7. The van der Waals surface area contributed by atoms with E-state index >= 15 is 0 Å². The summed E-state index contributed by atoms with van der Waals surface area (Å²) in [7, 11) is 0. The Morgan fingerprint density at radius 1 is 1.35 bits per heavy atom. The standard InChI is InChI=1S/C11H12F2N4/c1-7(14)2-8-3-9(12)11(10(13)4-8)17-6-15-5-16-17/h3-7H,2,14H2,1H3. The maximum atomic E-state index is 13.8. The Kier molecular flexibility index (Phi) is 3.14. The maximum Gasteiger partial charge on any atom is 0.152 e. The second-order valence-electron chi connectivity index (χ2n) is 3.93. The SMILES string of the molecule is CC(N)Cc1cc(F)c(-n2cncn2)c(F)c1. The van der Waals surface area contributed by atoms with Gasteiger partial charge in [-0.1, -0.05) is 0 Å². The van der Waals surface area contributed by atoms with Crippen LogP contribution in [-0.2, 0) is 6.42 Å². The van der Waals surface area contributed by atoms with Crippen molar-refractivity contribution in [1.82, 2.24) is 14.8 Å². The lowest BCUT2D eigenvalue weighted by atomic mass is 10.1. The summed E-state index contributed by atoms with van der Waals surface area (Å²) in [5, 5.41) is 3.70. The van der Waals surface area contributed by atoms with Gasteiger partial charge in [0.2, 0.25) is 0 Å². The molecule has 0 amide bonds. The van der Waals surface area contributed by atoms with Crippen LogP contribution in [0.2, 0.25) is 0 Å². The van der Waals surface area contributed by atoms with E-state index in [4.69, 9.17) is 5.73 Å². The molecule has 1 heterocycles. The molecule has 0 saturated carbocycles. The summed E-state index contributed by atoms with van der Waals surface area (Å²) in [4.78, 5) is 3.65. The molecule has 90 valence electrons. The molecule has 6 heteroatoms. The lowest BCUT2D eigenvalue weighted by Crippen LogP contribution is -2.18. The molecule has 2 aromatic rings. The minimum atomic E-state index is -0.675. The van der Waals surface area contributed by atoms with Gasteiger partial charge in [0.1, 0.15) is 18.3 Å². The molecule has 0 radical (unpaired) electrons. The summed E-state index contributed by atoms with van der Waals surface area (Å²) in [6.07, 6.45) is 2.88. The first-order valence-electron chi connectivity index (χ1n) is 5.16. The summed E-state index contributed by atoms with van der Waals surface area (Å²) in [5.74, 6) is -1.35. The Morgan fingerprint density at radius 3 is 2.47 bits per heavy atom. The molecular weight excluding hydrogens is 226 g/mol. The van der Waals surface area contributed by atoms with Crippen LogP contribution in [0, 0.1) is 11.6 Å². The van der Waals surface area contributed by atoms with E-state index in [0.29, 0.717) is 12.0 Å². The molecule has 1 atom stereocenters. The third-order valence-electron chi connectivity index (χ3n) is 2.28. The van der Waals surface area contributed by atoms with Gasteiger partial charge in [-0.2, -0.15) is 5.10 Å². The predicted octanol–water partition coefficient (Wildman–Crippen LogP) is 1.44. The highest BCUT2D eigenvalue weighted by atomic mass is 19.1. The molecule has 0 aliphatic rings. The van der Waals surface area contributed by atoms with Crippen molar-refractivity contribution in [1.29, 1.82) is 0 Å². The number of nitrogens with zero attached hydrogens (tertiary/aromatic N) is 3. The van der Waals surface area contributed by atoms with Gasteiger partial charge in [-0.3, -0.25) is 0 Å². The van der Waals surface area contributed by atoms with E-state index in [1.807, 2.05) is 0 Å². The maximum absolute atomic E-state index is 13.8. The summed E-state index contributed by atoms with van der Waals surface area (Å²) in [5.41, 5.74) is 5.89. The van der Waals surface area contributed by atoms with Crippen molar-refractivity contribution in [2.75, 3.05) is 0 Å². The number of hydrogen-bond acceptors (Lipinski definition) is 3. The van der Waals surface area contributed by atoms with E-state index in [1.165, 1.54) is 24.8 Å². The molecule has 1 aromatic carbocycles. The van der Waals surface area contributed by atoms with Gasteiger partial charge in [0.25, 0.3) is 0 Å². The van der Waals surface area contributed by atoms with E-state index in [2.05, 4.69) is 10.1 Å². The highest BCUT2D eigenvalue weighted by Crippen LogP contribution is 2.19. The molecule has 0 fully saturated rings. The van der Waals surface area contributed by atoms with Crippen molar-refractivity contribution < 1.29 is 8.78 Å². The fourth-order valence-corrected chi connectivity index (χ4v) is 1.65. The Labute approximate surface area is 97.1 Å². The number of aromatic nitrogens is 3. The van der Waals surface area contributed by atoms with Crippen LogP contribution in [0.15, 0.2) is 24.8 Å². The van der Waals surface area contributed by atoms with Crippen LogP contribution < -0.4 is 5.73 Å². The Hall–Kier alpha value is -1.82. The third-order valence-corrected chi connectivity index (χ3v) is 2.28. The lowest BCUT2D eigenvalue weighted by molar-refractivity contribution is 0.554. The Bertz CT molecular complexity index is 485. The van der Waals surface area contributed by atoms with Crippen LogP contribution >= 0.6 is 0 Å². The van der Waals surface area contributed by atoms with Crippen LogP contribution in [0.5, 0.6) is 0 Å². The minimum absolute atomic E-state index is 0.147. The normalized spacial score (nSPS) is 12.7. The average molecular weight is 238 g/mol. The van der Waals surface area contributed by atoms with Crippen LogP contribution in [0.4, 0.5) is 8.78 Å². The number of hydrogen-bond donors (Lipinski definition) is 1. The topological polar surface area (TPSA) is 56.7 Å². The number of halogens is 2.